The van der Waals surface area contributed by atoms with Gasteiger partial charge in [0, 0.05) is 44.0 Å². The predicted molar refractivity (Wildman–Crippen MR) is 148 cm³/mol. The fourth-order valence-corrected chi connectivity index (χ4v) is 5.43. The van der Waals surface area contributed by atoms with Crippen molar-refractivity contribution in [3.05, 3.63) is 76.8 Å². The van der Waals surface area contributed by atoms with Crippen molar-refractivity contribution in [3.8, 4) is 18.1 Å². The summed E-state index contributed by atoms with van der Waals surface area (Å²) < 4.78 is 9.84. The maximum atomic E-state index is 6.27. The largest absolute Gasteiger partial charge is 0.457 e. The first-order chi connectivity index (χ1) is 18.4. The minimum Gasteiger partial charge on any atom is -0.457 e. The molecule has 1 aliphatic carbocycles. The second-order valence-electron chi connectivity index (χ2n) is 10.4. The van der Waals surface area contributed by atoms with Gasteiger partial charge in [0.25, 0.3) is 6.57 Å². The molecule has 0 spiro atoms. The topological polar surface area (TPSA) is 102 Å². The maximum Gasteiger partial charge on any atom is 0.332 e. The molecule has 1 unspecified atom stereocenters. The molecule has 1 aromatic carbocycles. The summed E-state index contributed by atoms with van der Waals surface area (Å²) in [5, 5.41) is 12.4. The van der Waals surface area contributed by atoms with Gasteiger partial charge in [-0.25, -0.2) is 14.2 Å². The van der Waals surface area contributed by atoms with Crippen molar-refractivity contribution >= 4 is 17.7 Å². The standard InChI is InChI=1S/C28H32N9O/c1-19-14-22(4-5-24(19)38-23-9-13-36-25(16-23)31-17-32-36)34-27-26-21(8-12-37(26)33-18-35(27)3)15-20-6-10-28(29,30-2)11-7-20/h2,4-5,8-9,12-14,16-18,20,27,34H,6-7,10-11,15,29H2,1,3H3/q+1. The Morgan fingerprint density at radius 1 is 1.18 bits per heavy atom. The van der Waals surface area contributed by atoms with Gasteiger partial charge in [-0.05, 0) is 73.6 Å². The summed E-state index contributed by atoms with van der Waals surface area (Å²) in [6.45, 7) is 7.59. The molecule has 1 saturated carbocycles. The SMILES string of the molecule is C#[N+]C1(N)CCC(Cc2ccn3c2C(Nc2ccc(Oc4ccn5ncnc5c4)c(C)c2)N(C)C=N3)CC1. The van der Waals surface area contributed by atoms with Gasteiger partial charge in [0.05, 0.1) is 5.69 Å². The number of aromatic nitrogens is 4. The minimum atomic E-state index is -0.567. The number of anilines is 1. The van der Waals surface area contributed by atoms with Crippen LogP contribution in [-0.4, -0.2) is 43.2 Å². The number of nitrogens with zero attached hydrogens (tertiary/aromatic N) is 7. The average Bonchev–Trinajstić information content (AvgIpc) is 3.55. The van der Waals surface area contributed by atoms with Crippen LogP contribution in [0.5, 0.6) is 11.5 Å². The van der Waals surface area contributed by atoms with Gasteiger partial charge >= 0.3 is 5.66 Å². The number of fused-ring (bicyclic) bond motifs is 2. The number of hydrogen-bond acceptors (Lipinski definition) is 7. The van der Waals surface area contributed by atoms with Gasteiger partial charge in [0.1, 0.15) is 30.3 Å². The Balaban J connectivity index is 1.19. The van der Waals surface area contributed by atoms with Crippen molar-refractivity contribution in [3.63, 3.8) is 0 Å². The molecule has 38 heavy (non-hydrogen) atoms. The first-order valence-corrected chi connectivity index (χ1v) is 12.9. The van der Waals surface area contributed by atoms with Crippen molar-refractivity contribution < 1.29 is 4.74 Å². The quantitative estimate of drug-likeness (QED) is 0.385. The monoisotopic (exact) mass is 510 g/mol. The minimum absolute atomic E-state index is 0.0600. The third-order valence-electron chi connectivity index (χ3n) is 7.71. The molecule has 0 amide bonds. The van der Waals surface area contributed by atoms with Crippen LogP contribution in [0.3, 0.4) is 0 Å². The van der Waals surface area contributed by atoms with E-state index >= 15 is 0 Å². The second kappa shape index (κ2) is 9.50. The highest BCUT2D eigenvalue weighted by Crippen LogP contribution is 2.37. The molecule has 4 aromatic rings. The summed E-state index contributed by atoms with van der Waals surface area (Å²) in [7, 11) is 2.04. The number of nitrogens with two attached hydrogens (primary N) is 1. The van der Waals surface area contributed by atoms with Gasteiger partial charge in [0.15, 0.2) is 5.65 Å². The predicted octanol–water partition coefficient (Wildman–Crippen LogP) is 4.83. The van der Waals surface area contributed by atoms with E-state index in [9.17, 15) is 0 Å². The Morgan fingerprint density at radius 2 is 2.03 bits per heavy atom. The summed E-state index contributed by atoms with van der Waals surface area (Å²) in [5.41, 5.74) is 10.9. The lowest BCUT2D eigenvalue weighted by atomic mass is 9.79. The van der Waals surface area contributed by atoms with Crippen molar-refractivity contribution in [2.75, 3.05) is 12.4 Å². The molecule has 0 bridgehead atoms. The van der Waals surface area contributed by atoms with Crippen molar-refractivity contribution in [1.82, 2.24) is 24.2 Å². The van der Waals surface area contributed by atoms with E-state index in [2.05, 4.69) is 42.4 Å². The van der Waals surface area contributed by atoms with E-state index in [1.807, 2.05) is 61.6 Å². The van der Waals surface area contributed by atoms with Crippen LogP contribution in [0.1, 0.15) is 48.7 Å². The number of ether oxygens (including phenoxy) is 1. The van der Waals surface area contributed by atoms with Crippen LogP contribution in [0, 0.1) is 19.4 Å². The van der Waals surface area contributed by atoms with Gasteiger partial charge in [-0.1, -0.05) is 4.85 Å². The Kier molecular flexibility index (Phi) is 6.00. The highest BCUT2D eigenvalue weighted by Gasteiger charge is 2.40. The summed E-state index contributed by atoms with van der Waals surface area (Å²) in [5.74, 6) is 2.06. The Morgan fingerprint density at radius 3 is 2.82 bits per heavy atom. The molecule has 0 saturated heterocycles. The lowest BCUT2D eigenvalue weighted by Crippen LogP contribution is -2.40. The van der Waals surface area contributed by atoms with Gasteiger partial charge in [-0.2, -0.15) is 10.2 Å². The molecular weight excluding hydrogens is 478 g/mol. The highest BCUT2D eigenvalue weighted by molar-refractivity contribution is 5.61. The molecule has 1 fully saturated rings. The van der Waals surface area contributed by atoms with Gasteiger partial charge < -0.3 is 15.0 Å². The molecule has 6 rings (SSSR count). The molecule has 2 aliphatic rings. The van der Waals surface area contributed by atoms with Crippen LogP contribution in [0.4, 0.5) is 5.69 Å². The molecule has 0 radical (unpaired) electrons. The molecular formula is C28H32N9O+. The van der Waals surface area contributed by atoms with E-state index in [1.54, 1.807) is 4.52 Å². The Hall–Kier alpha value is -4.36. The number of benzene rings is 1. The molecule has 3 aromatic heterocycles. The molecule has 194 valence electrons. The maximum absolute atomic E-state index is 6.27. The lowest BCUT2D eigenvalue weighted by Gasteiger charge is -2.33. The van der Waals surface area contributed by atoms with Crippen LogP contribution >= 0.6 is 0 Å². The summed E-state index contributed by atoms with van der Waals surface area (Å²) in [6.07, 6.45) is 11.9. The van der Waals surface area contributed by atoms with E-state index in [0.29, 0.717) is 5.92 Å². The van der Waals surface area contributed by atoms with Crippen LogP contribution in [0.2, 0.25) is 0 Å². The van der Waals surface area contributed by atoms with Gasteiger partial charge in [-0.15, -0.1) is 0 Å². The summed E-state index contributed by atoms with van der Waals surface area (Å²) in [4.78, 5) is 10.2. The zero-order valence-corrected chi connectivity index (χ0v) is 21.7. The van der Waals surface area contributed by atoms with Crippen LogP contribution < -0.4 is 15.8 Å². The highest BCUT2D eigenvalue weighted by atomic mass is 16.5. The number of pyridine rings is 1. The fourth-order valence-electron chi connectivity index (χ4n) is 5.43. The van der Waals surface area contributed by atoms with Crippen LogP contribution in [0.25, 0.3) is 10.5 Å². The number of aryl methyl sites for hydroxylation is 1. The van der Waals surface area contributed by atoms with Crippen molar-refractivity contribution in [1.29, 1.82) is 0 Å². The van der Waals surface area contributed by atoms with E-state index in [4.69, 9.17) is 17.0 Å². The Bertz CT molecular complexity index is 1540. The van der Waals surface area contributed by atoms with E-state index in [0.717, 1.165) is 66.2 Å². The average molecular weight is 511 g/mol. The third-order valence-corrected chi connectivity index (χ3v) is 7.71. The van der Waals surface area contributed by atoms with Crippen LogP contribution in [-0.2, 0) is 6.42 Å². The van der Waals surface area contributed by atoms with E-state index in [1.165, 1.54) is 11.9 Å². The molecule has 1 aliphatic heterocycles. The number of rotatable bonds is 6. The molecule has 1 atom stereocenters. The van der Waals surface area contributed by atoms with E-state index in [-0.39, 0.29) is 6.17 Å². The number of nitrogens with one attached hydrogen (secondary N) is 1. The van der Waals surface area contributed by atoms with Crippen LogP contribution in [0.15, 0.2) is 60.2 Å². The molecule has 10 heteroatoms. The molecule has 3 N–H and O–H groups in total. The first kappa shape index (κ1) is 24.0. The lowest BCUT2D eigenvalue weighted by molar-refractivity contribution is 0.271. The number of hydrogen-bond donors (Lipinski definition) is 2. The van der Waals surface area contributed by atoms with E-state index < -0.39 is 5.66 Å². The van der Waals surface area contributed by atoms with Crippen molar-refractivity contribution in [2.45, 2.75) is 50.9 Å². The van der Waals surface area contributed by atoms with Gasteiger partial charge in [-0.3, -0.25) is 5.73 Å². The smallest absolute Gasteiger partial charge is 0.332 e. The zero-order valence-electron chi connectivity index (χ0n) is 21.7. The summed E-state index contributed by atoms with van der Waals surface area (Å²) >= 11 is 0. The Labute approximate surface area is 221 Å². The molecule has 4 heterocycles. The second-order valence-corrected chi connectivity index (χ2v) is 10.4. The fraction of sp³-hybridized carbons (Fsp3) is 0.357. The third kappa shape index (κ3) is 4.57. The first-order valence-electron chi connectivity index (χ1n) is 12.9. The van der Waals surface area contributed by atoms with Crippen molar-refractivity contribution in [2.24, 2.45) is 16.8 Å². The summed E-state index contributed by atoms with van der Waals surface area (Å²) in [6, 6.07) is 12.1. The zero-order chi connectivity index (χ0) is 26.3. The molecule has 10 nitrogen and oxygen atoms in total. The van der Waals surface area contributed by atoms with Gasteiger partial charge in [0.2, 0.25) is 0 Å². The normalized spacial score (nSPS) is 22.7.